The Hall–Kier alpha value is -0.770. The minimum absolute atomic E-state index is 0.0531. The molecule has 0 aromatic heterocycles. The second kappa shape index (κ2) is 5.47. The summed E-state index contributed by atoms with van der Waals surface area (Å²) >= 11 is 12.0. The summed E-state index contributed by atoms with van der Waals surface area (Å²) in [4.78, 5) is 14.2. The molecule has 18 heavy (non-hydrogen) atoms. The molecule has 2 unspecified atom stereocenters. The van der Waals surface area contributed by atoms with Crippen molar-refractivity contribution in [3.05, 3.63) is 33.8 Å². The summed E-state index contributed by atoms with van der Waals surface area (Å²) in [5.74, 6) is -0.0531. The molecule has 2 atom stereocenters. The van der Waals surface area contributed by atoms with E-state index in [-0.39, 0.29) is 18.0 Å². The minimum Gasteiger partial charge on any atom is -0.335 e. The van der Waals surface area contributed by atoms with Gasteiger partial charge in [0.1, 0.15) is 0 Å². The lowest BCUT2D eigenvalue weighted by atomic mass is 10.1. The third kappa shape index (κ3) is 2.97. The Morgan fingerprint density at radius 1 is 1.28 bits per heavy atom. The molecule has 1 amide bonds. The Balaban J connectivity index is 2.22. The molecule has 0 bridgehead atoms. The second-order valence-corrected chi connectivity index (χ2v) is 5.65. The highest BCUT2D eigenvalue weighted by atomic mass is 35.5. The van der Waals surface area contributed by atoms with Crippen LogP contribution in [-0.4, -0.2) is 36.0 Å². The first kappa shape index (κ1) is 13.7. The normalized spacial score (nSPS) is 24.1. The molecular weight excluding hydrogens is 271 g/mol. The first-order valence-corrected chi connectivity index (χ1v) is 6.73. The van der Waals surface area contributed by atoms with Gasteiger partial charge >= 0.3 is 0 Å². The number of carbonyl (C=O) groups is 1. The summed E-state index contributed by atoms with van der Waals surface area (Å²) in [6.45, 7) is 5.50. The van der Waals surface area contributed by atoms with Gasteiger partial charge in [-0.15, -0.1) is 0 Å². The zero-order chi connectivity index (χ0) is 13.3. The van der Waals surface area contributed by atoms with E-state index in [0.29, 0.717) is 28.7 Å². The van der Waals surface area contributed by atoms with E-state index in [1.165, 1.54) is 0 Å². The van der Waals surface area contributed by atoms with Crippen molar-refractivity contribution in [2.45, 2.75) is 25.9 Å². The number of amides is 1. The molecule has 0 aliphatic carbocycles. The van der Waals surface area contributed by atoms with Gasteiger partial charge in [-0.2, -0.15) is 0 Å². The van der Waals surface area contributed by atoms with Gasteiger partial charge in [0.15, 0.2) is 0 Å². The lowest BCUT2D eigenvalue weighted by Gasteiger charge is -2.36. The van der Waals surface area contributed by atoms with Crippen molar-refractivity contribution >= 4 is 29.1 Å². The largest absolute Gasteiger partial charge is 0.335 e. The fourth-order valence-electron chi connectivity index (χ4n) is 2.32. The molecule has 98 valence electrons. The number of carbonyl (C=O) groups excluding carboxylic acids is 1. The number of hydrogen-bond acceptors (Lipinski definition) is 2. The summed E-state index contributed by atoms with van der Waals surface area (Å²) < 4.78 is 0. The summed E-state index contributed by atoms with van der Waals surface area (Å²) in [5, 5.41) is 4.36. The lowest BCUT2D eigenvalue weighted by Crippen LogP contribution is -2.55. The monoisotopic (exact) mass is 286 g/mol. The van der Waals surface area contributed by atoms with E-state index in [9.17, 15) is 4.79 Å². The van der Waals surface area contributed by atoms with E-state index >= 15 is 0 Å². The van der Waals surface area contributed by atoms with Crippen LogP contribution in [-0.2, 0) is 0 Å². The average Bonchev–Trinajstić information content (AvgIpc) is 2.30. The summed E-state index contributed by atoms with van der Waals surface area (Å²) in [6.07, 6.45) is 0. The zero-order valence-electron chi connectivity index (χ0n) is 10.4. The van der Waals surface area contributed by atoms with Gasteiger partial charge in [-0.1, -0.05) is 23.2 Å². The van der Waals surface area contributed by atoms with Crippen molar-refractivity contribution in [3.8, 4) is 0 Å². The van der Waals surface area contributed by atoms with Crippen molar-refractivity contribution < 1.29 is 4.79 Å². The SMILES string of the molecule is CC1CN(C(=O)c2cc(Cl)ccc2Cl)CC(C)N1. The number of rotatable bonds is 1. The number of hydrogen-bond donors (Lipinski definition) is 1. The van der Waals surface area contributed by atoms with E-state index in [1.54, 1.807) is 18.2 Å². The van der Waals surface area contributed by atoms with Gasteiger partial charge in [-0.25, -0.2) is 0 Å². The van der Waals surface area contributed by atoms with Crippen LogP contribution in [0.2, 0.25) is 10.0 Å². The van der Waals surface area contributed by atoms with E-state index in [1.807, 2.05) is 4.90 Å². The van der Waals surface area contributed by atoms with E-state index in [4.69, 9.17) is 23.2 Å². The Kier molecular flexibility index (Phi) is 4.15. The zero-order valence-corrected chi connectivity index (χ0v) is 11.9. The predicted molar refractivity (Wildman–Crippen MR) is 74.4 cm³/mol. The highest BCUT2D eigenvalue weighted by molar-refractivity contribution is 6.35. The van der Waals surface area contributed by atoms with Gasteiger partial charge in [0.2, 0.25) is 0 Å². The van der Waals surface area contributed by atoms with E-state index < -0.39 is 0 Å². The highest BCUT2D eigenvalue weighted by Crippen LogP contribution is 2.23. The van der Waals surface area contributed by atoms with Crippen LogP contribution in [0.3, 0.4) is 0 Å². The van der Waals surface area contributed by atoms with Gasteiger partial charge in [0.25, 0.3) is 5.91 Å². The van der Waals surface area contributed by atoms with Crippen LogP contribution < -0.4 is 5.32 Å². The van der Waals surface area contributed by atoms with Crippen molar-refractivity contribution in [3.63, 3.8) is 0 Å². The molecule has 0 radical (unpaired) electrons. The third-order valence-corrected chi connectivity index (χ3v) is 3.57. The van der Waals surface area contributed by atoms with Crippen LogP contribution in [0.4, 0.5) is 0 Å². The molecular formula is C13H16Cl2N2O. The number of nitrogens with zero attached hydrogens (tertiary/aromatic N) is 1. The highest BCUT2D eigenvalue weighted by Gasteiger charge is 2.26. The molecule has 2 rings (SSSR count). The minimum atomic E-state index is -0.0531. The molecule has 1 aromatic rings. The van der Waals surface area contributed by atoms with Crippen LogP contribution in [0.25, 0.3) is 0 Å². The Morgan fingerprint density at radius 3 is 2.50 bits per heavy atom. The van der Waals surface area contributed by atoms with Crippen molar-refractivity contribution in [2.24, 2.45) is 0 Å². The fourth-order valence-corrected chi connectivity index (χ4v) is 2.69. The van der Waals surface area contributed by atoms with Crippen LogP contribution in [0, 0.1) is 0 Å². The Morgan fingerprint density at radius 2 is 1.89 bits per heavy atom. The van der Waals surface area contributed by atoms with Gasteiger partial charge < -0.3 is 10.2 Å². The van der Waals surface area contributed by atoms with Crippen LogP contribution >= 0.6 is 23.2 Å². The molecule has 0 spiro atoms. The molecule has 1 N–H and O–H groups in total. The molecule has 1 aliphatic rings. The van der Waals surface area contributed by atoms with Gasteiger partial charge in [0.05, 0.1) is 10.6 Å². The third-order valence-electron chi connectivity index (χ3n) is 3.00. The van der Waals surface area contributed by atoms with E-state index in [0.717, 1.165) is 0 Å². The maximum Gasteiger partial charge on any atom is 0.255 e. The standard InChI is InChI=1S/C13H16Cl2N2O/c1-8-6-17(7-9(2)16-8)13(18)11-5-10(14)3-4-12(11)15/h3-5,8-9,16H,6-7H2,1-2H3. The molecule has 1 aliphatic heterocycles. The summed E-state index contributed by atoms with van der Waals surface area (Å²) in [5.41, 5.74) is 0.477. The fraction of sp³-hybridized carbons (Fsp3) is 0.462. The molecule has 0 saturated carbocycles. The van der Waals surface area contributed by atoms with Gasteiger partial charge in [-0.3, -0.25) is 4.79 Å². The summed E-state index contributed by atoms with van der Waals surface area (Å²) in [6, 6.07) is 5.55. The first-order chi connectivity index (χ1) is 8.47. The Bertz CT molecular complexity index is 454. The lowest BCUT2D eigenvalue weighted by molar-refractivity contribution is 0.0674. The first-order valence-electron chi connectivity index (χ1n) is 5.97. The van der Waals surface area contributed by atoms with Crippen LogP contribution in [0.15, 0.2) is 18.2 Å². The van der Waals surface area contributed by atoms with E-state index in [2.05, 4.69) is 19.2 Å². The number of nitrogens with one attached hydrogen (secondary N) is 1. The van der Waals surface area contributed by atoms with Crippen molar-refractivity contribution in [2.75, 3.05) is 13.1 Å². The molecule has 1 saturated heterocycles. The summed E-state index contributed by atoms with van der Waals surface area (Å²) in [7, 11) is 0. The molecule has 1 heterocycles. The number of halogens is 2. The average molecular weight is 287 g/mol. The maximum atomic E-state index is 12.4. The number of benzene rings is 1. The van der Waals surface area contributed by atoms with Gasteiger partial charge in [-0.05, 0) is 32.0 Å². The van der Waals surface area contributed by atoms with Gasteiger partial charge in [0, 0.05) is 30.2 Å². The topological polar surface area (TPSA) is 32.3 Å². The van der Waals surface area contributed by atoms with Crippen LogP contribution in [0.1, 0.15) is 24.2 Å². The molecule has 3 nitrogen and oxygen atoms in total. The van der Waals surface area contributed by atoms with Crippen molar-refractivity contribution in [1.82, 2.24) is 10.2 Å². The Labute approximate surface area is 117 Å². The van der Waals surface area contributed by atoms with Crippen LogP contribution in [0.5, 0.6) is 0 Å². The predicted octanol–water partition coefficient (Wildman–Crippen LogP) is 2.82. The quantitative estimate of drug-likeness (QED) is 0.861. The van der Waals surface area contributed by atoms with Crippen molar-refractivity contribution in [1.29, 1.82) is 0 Å². The molecule has 5 heteroatoms. The maximum absolute atomic E-state index is 12.4. The molecule has 1 aromatic carbocycles. The number of piperazine rings is 1. The molecule has 1 fully saturated rings. The second-order valence-electron chi connectivity index (χ2n) is 4.80. The smallest absolute Gasteiger partial charge is 0.255 e.